The summed E-state index contributed by atoms with van der Waals surface area (Å²) in [6.07, 6.45) is 5.82. The zero-order valence-electron chi connectivity index (χ0n) is 20.4. The minimum Gasteiger partial charge on any atom is -0.379 e. The number of methoxy groups -OCH3 is 1. The number of hydrogen-bond acceptors (Lipinski definition) is 8. The highest BCUT2D eigenvalue weighted by molar-refractivity contribution is 6.00. The van der Waals surface area contributed by atoms with Crippen LogP contribution in [0.15, 0.2) is 35.4 Å². The third-order valence-electron chi connectivity index (χ3n) is 7.08. The number of ether oxygens (including phenoxy) is 1. The molecule has 3 aromatic heterocycles. The van der Waals surface area contributed by atoms with Gasteiger partial charge >= 0.3 is 0 Å². The monoisotopic (exact) mass is 498 g/mol. The number of nitrogens with one attached hydrogen (secondary N) is 3. The molecule has 1 aliphatic carbocycles. The maximum absolute atomic E-state index is 13.3. The topological polar surface area (TPSA) is 118 Å². The second-order valence-corrected chi connectivity index (χ2v) is 9.19. The highest BCUT2D eigenvalue weighted by Gasteiger charge is 2.33. The summed E-state index contributed by atoms with van der Waals surface area (Å²) in [5.74, 6) is 0.735. The van der Waals surface area contributed by atoms with E-state index in [2.05, 4.69) is 26.0 Å². The van der Waals surface area contributed by atoms with Crippen molar-refractivity contribution in [3.8, 4) is 0 Å². The number of hydrogen-bond donors (Lipinski definition) is 3. The maximum Gasteiger partial charge on any atom is 0.274 e. The largest absolute Gasteiger partial charge is 0.379 e. The van der Waals surface area contributed by atoms with Crippen molar-refractivity contribution in [3.63, 3.8) is 0 Å². The average molecular weight is 499 g/mol. The summed E-state index contributed by atoms with van der Waals surface area (Å²) in [6, 6.07) is 5.18. The molecule has 5 rings (SSSR count). The van der Waals surface area contributed by atoms with Gasteiger partial charge in [0.15, 0.2) is 5.65 Å². The fraction of sp³-hybridized carbons (Fsp3) is 0.500. The third kappa shape index (κ3) is 4.53. The van der Waals surface area contributed by atoms with Crippen molar-refractivity contribution < 1.29 is 13.9 Å². The summed E-state index contributed by atoms with van der Waals surface area (Å²) in [5.41, 5.74) is 0.882. The van der Waals surface area contributed by atoms with Crippen molar-refractivity contribution >= 4 is 28.9 Å². The van der Waals surface area contributed by atoms with Gasteiger partial charge in [0.25, 0.3) is 11.5 Å². The van der Waals surface area contributed by atoms with Crippen LogP contribution in [0.1, 0.15) is 35.7 Å². The Morgan fingerprint density at radius 1 is 1.31 bits per heavy atom. The molecule has 36 heavy (non-hydrogen) atoms. The fourth-order valence-corrected chi connectivity index (χ4v) is 4.92. The first kappa shape index (κ1) is 24.2. The number of fused-ring (bicyclic) bond motifs is 1. The van der Waals surface area contributed by atoms with E-state index < -0.39 is 6.67 Å². The molecule has 4 heterocycles. The van der Waals surface area contributed by atoms with Gasteiger partial charge in [-0.2, -0.15) is 9.61 Å². The minimum atomic E-state index is -0.395. The zero-order valence-corrected chi connectivity index (χ0v) is 20.4. The summed E-state index contributed by atoms with van der Waals surface area (Å²) in [5, 5.41) is 13.5. The number of nitrogens with zero attached hydrogens (tertiary/aromatic N) is 5. The van der Waals surface area contributed by atoms with Gasteiger partial charge in [0, 0.05) is 46.1 Å². The Labute approximate surface area is 207 Å². The van der Waals surface area contributed by atoms with E-state index in [9.17, 15) is 14.0 Å². The molecule has 0 radical (unpaired) electrons. The Morgan fingerprint density at radius 2 is 2.17 bits per heavy atom. The number of halogens is 1. The molecule has 2 aliphatic rings. The Morgan fingerprint density at radius 3 is 2.89 bits per heavy atom. The highest BCUT2D eigenvalue weighted by Crippen LogP contribution is 2.25. The van der Waals surface area contributed by atoms with Gasteiger partial charge in [-0.15, -0.1) is 0 Å². The van der Waals surface area contributed by atoms with Gasteiger partial charge in [-0.3, -0.25) is 14.5 Å². The molecule has 2 fully saturated rings. The van der Waals surface area contributed by atoms with Gasteiger partial charge < -0.3 is 25.3 Å². The lowest BCUT2D eigenvalue weighted by molar-refractivity contribution is 0.00732. The molecule has 12 heteroatoms. The van der Waals surface area contributed by atoms with Gasteiger partial charge in [-0.05, 0) is 31.4 Å². The first-order valence-electron chi connectivity index (χ1n) is 12.2. The molecule has 2 unspecified atom stereocenters. The maximum atomic E-state index is 13.3. The van der Waals surface area contributed by atoms with Crippen LogP contribution in [-0.4, -0.2) is 82.6 Å². The second-order valence-electron chi connectivity index (χ2n) is 9.19. The van der Waals surface area contributed by atoms with E-state index in [1.54, 1.807) is 41.6 Å². The van der Waals surface area contributed by atoms with Crippen LogP contribution in [0.4, 0.5) is 21.7 Å². The number of carbonyl (C=O) groups excluding carboxylic acids is 1. The SMILES string of the molecule is CNc1cc(Nc2cccn([C@H]3CCN(CCF)C3)c2=O)nc2c(C(=O)NC3CCC3OC)cnn12. The van der Waals surface area contributed by atoms with Crippen molar-refractivity contribution in [1.29, 1.82) is 0 Å². The summed E-state index contributed by atoms with van der Waals surface area (Å²) in [7, 11) is 3.39. The third-order valence-corrected chi connectivity index (χ3v) is 7.08. The Bertz CT molecular complexity index is 1310. The lowest BCUT2D eigenvalue weighted by atomic mass is 9.89. The number of anilines is 3. The molecule has 1 amide bonds. The second kappa shape index (κ2) is 10.2. The molecular weight excluding hydrogens is 467 g/mol. The molecule has 0 bridgehead atoms. The van der Waals surface area contributed by atoms with E-state index in [4.69, 9.17) is 4.74 Å². The molecular formula is C24H31FN8O3. The summed E-state index contributed by atoms with van der Waals surface area (Å²) in [6.45, 7) is 1.39. The van der Waals surface area contributed by atoms with Crippen molar-refractivity contribution in [3.05, 3.63) is 46.5 Å². The molecule has 0 spiro atoms. The van der Waals surface area contributed by atoms with Crippen LogP contribution in [0.25, 0.3) is 5.65 Å². The molecule has 3 aromatic rings. The smallest absolute Gasteiger partial charge is 0.274 e. The Kier molecular flexibility index (Phi) is 6.88. The van der Waals surface area contributed by atoms with Crippen LogP contribution in [0, 0.1) is 0 Å². The predicted octanol–water partition coefficient (Wildman–Crippen LogP) is 1.80. The molecule has 11 nitrogen and oxygen atoms in total. The van der Waals surface area contributed by atoms with E-state index >= 15 is 0 Å². The summed E-state index contributed by atoms with van der Waals surface area (Å²) < 4.78 is 21.4. The summed E-state index contributed by atoms with van der Waals surface area (Å²) in [4.78, 5) is 32.9. The van der Waals surface area contributed by atoms with Gasteiger partial charge in [0.2, 0.25) is 0 Å². The van der Waals surface area contributed by atoms with Crippen LogP contribution >= 0.6 is 0 Å². The molecule has 0 aromatic carbocycles. The van der Waals surface area contributed by atoms with Crippen molar-refractivity contribution in [2.75, 3.05) is 51.1 Å². The van der Waals surface area contributed by atoms with E-state index in [-0.39, 0.29) is 29.7 Å². The van der Waals surface area contributed by atoms with Crippen LogP contribution in [0.2, 0.25) is 0 Å². The predicted molar refractivity (Wildman–Crippen MR) is 134 cm³/mol. The van der Waals surface area contributed by atoms with Gasteiger partial charge in [-0.1, -0.05) is 0 Å². The minimum absolute atomic E-state index is 0.0121. The normalized spacial score (nSPS) is 21.9. The Hall–Kier alpha value is -3.51. The molecule has 1 saturated heterocycles. The number of likely N-dealkylation sites (tertiary alicyclic amines) is 1. The molecule has 3 N–H and O–H groups in total. The van der Waals surface area contributed by atoms with E-state index in [1.807, 2.05) is 11.0 Å². The van der Waals surface area contributed by atoms with Gasteiger partial charge in [0.05, 0.1) is 24.4 Å². The summed E-state index contributed by atoms with van der Waals surface area (Å²) >= 11 is 0. The fourth-order valence-electron chi connectivity index (χ4n) is 4.92. The van der Waals surface area contributed by atoms with Crippen LogP contribution < -0.4 is 21.5 Å². The van der Waals surface area contributed by atoms with E-state index in [0.717, 1.165) is 25.8 Å². The Balaban J connectivity index is 1.41. The van der Waals surface area contributed by atoms with Gasteiger partial charge in [-0.25, -0.2) is 9.37 Å². The molecule has 192 valence electrons. The van der Waals surface area contributed by atoms with Crippen LogP contribution in [0.3, 0.4) is 0 Å². The quantitative estimate of drug-likeness (QED) is 0.409. The number of rotatable bonds is 9. The van der Waals surface area contributed by atoms with Crippen molar-refractivity contribution in [1.82, 2.24) is 29.4 Å². The number of alkyl halides is 1. The lowest BCUT2D eigenvalue weighted by Gasteiger charge is -2.35. The highest BCUT2D eigenvalue weighted by atomic mass is 19.1. The van der Waals surface area contributed by atoms with Crippen LogP contribution in [0.5, 0.6) is 0 Å². The number of aromatic nitrogens is 4. The lowest BCUT2D eigenvalue weighted by Crippen LogP contribution is -2.51. The molecule has 3 atom stereocenters. The van der Waals surface area contributed by atoms with Crippen molar-refractivity contribution in [2.45, 2.75) is 37.5 Å². The number of amides is 1. The average Bonchev–Trinajstić information content (AvgIpc) is 3.50. The first-order chi connectivity index (χ1) is 17.5. The van der Waals surface area contributed by atoms with Crippen molar-refractivity contribution in [2.24, 2.45) is 0 Å². The van der Waals surface area contributed by atoms with Crippen LogP contribution in [-0.2, 0) is 4.74 Å². The molecule has 1 saturated carbocycles. The number of pyridine rings is 1. The standard InChI is InChI=1S/C24H31FN8O3/c1-26-21-12-20(28-18-4-3-9-32(24(18)35)15-7-10-31(14-15)11-8-25)30-22-16(13-27-33(21)22)23(34)29-17-5-6-19(17)36-2/h3-4,9,12-13,15,17,19,26H,5-8,10-11,14H2,1-2H3,(H,28,30)(H,29,34)/t15-,17?,19?/m0/s1. The number of carbonyl (C=O) groups is 1. The van der Waals surface area contributed by atoms with Gasteiger partial charge in [0.1, 0.15) is 29.6 Å². The molecule has 1 aliphatic heterocycles. The van der Waals surface area contributed by atoms with E-state index in [0.29, 0.717) is 41.6 Å². The van der Waals surface area contributed by atoms with E-state index in [1.165, 1.54) is 6.20 Å². The first-order valence-corrected chi connectivity index (χ1v) is 12.2. The zero-order chi connectivity index (χ0) is 25.2.